The van der Waals surface area contributed by atoms with E-state index in [1.54, 1.807) is 18.2 Å². The predicted octanol–water partition coefficient (Wildman–Crippen LogP) is 1.88. The minimum atomic E-state index is -3.80. The van der Waals surface area contributed by atoms with E-state index in [-0.39, 0.29) is 28.7 Å². The Kier molecular flexibility index (Phi) is 5.15. The summed E-state index contributed by atoms with van der Waals surface area (Å²) in [5, 5.41) is 2.57. The van der Waals surface area contributed by atoms with Crippen LogP contribution in [0.15, 0.2) is 47.4 Å². The number of hydrogen-bond acceptors (Lipinski definition) is 6. The second kappa shape index (κ2) is 7.37. The van der Waals surface area contributed by atoms with Gasteiger partial charge in [-0.05, 0) is 25.1 Å². The number of hydrogen-bond donors (Lipinski definition) is 1. The third-order valence-corrected chi connectivity index (χ3v) is 5.80. The first kappa shape index (κ1) is 18.9. The molecule has 142 valence electrons. The first-order valence-corrected chi connectivity index (χ1v) is 9.49. The highest BCUT2D eigenvalue weighted by molar-refractivity contribution is 7.89. The van der Waals surface area contributed by atoms with Crippen molar-refractivity contribution in [3.05, 3.63) is 48.0 Å². The third-order valence-electron chi connectivity index (χ3n) is 3.98. The minimum Gasteiger partial charge on any atom is -0.454 e. The number of anilines is 1. The molecule has 0 saturated carbocycles. The summed E-state index contributed by atoms with van der Waals surface area (Å²) < 4.78 is 36.4. The summed E-state index contributed by atoms with van der Waals surface area (Å²) in [7, 11) is -2.49. The van der Waals surface area contributed by atoms with Crippen LogP contribution in [-0.4, -0.2) is 44.8 Å². The molecule has 1 N–H and O–H groups in total. The molecule has 2 aromatic rings. The van der Waals surface area contributed by atoms with Gasteiger partial charge in [0.1, 0.15) is 0 Å². The molecule has 27 heavy (non-hydrogen) atoms. The Morgan fingerprint density at radius 1 is 1.11 bits per heavy atom. The van der Waals surface area contributed by atoms with Crippen molar-refractivity contribution in [3.63, 3.8) is 0 Å². The van der Waals surface area contributed by atoms with Gasteiger partial charge in [-0.25, -0.2) is 8.42 Å². The van der Waals surface area contributed by atoms with Gasteiger partial charge in [0.25, 0.3) is 0 Å². The largest absolute Gasteiger partial charge is 0.454 e. The zero-order chi connectivity index (χ0) is 19.6. The maximum atomic E-state index is 12.5. The number of benzene rings is 2. The Balaban J connectivity index is 1.77. The zero-order valence-electron chi connectivity index (χ0n) is 14.8. The molecule has 1 amide bonds. The van der Waals surface area contributed by atoms with E-state index in [9.17, 15) is 18.0 Å². The van der Waals surface area contributed by atoms with Crippen molar-refractivity contribution in [1.29, 1.82) is 0 Å². The van der Waals surface area contributed by atoms with Crippen molar-refractivity contribution in [2.24, 2.45) is 0 Å². The van der Waals surface area contributed by atoms with Crippen LogP contribution in [0.1, 0.15) is 17.3 Å². The molecule has 1 aliphatic rings. The van der Waals surface area contributed by atoms with Gasteiger partial charge in [-0.2, -0.15) is 4.31 Å². The van der Waals surface area contributed by atoms with Crippen molar-refractivity contribution in [3.8, 4) is 11.5 Å². The lowest BCUT2D eigenvalue weighted by molar-refractivity contribution is -0.116. The van der Waals surface area contributed by atoms with Gasteiger partial charge in [0, 0.05) is 18.7 Å². The molecule has 1 heterocycles. The summed E-state index contributed by atoms with van der Waals surface area (Å²) in [6.45, 7) is 0.977. The number of likely N-dealkylation sites (N-methyl/N-ethyl adjacent to an activating group) is 1. The lowest BCUT2D eigenvalue weighted by Crippen LogP contribution is -2.35. The van der Waals surface area contributed by atoms with Crippen LogP contribution in [0.4, 0.5) is 5.69 Å². The number of sulfonamides is 1. The molecular weight excluding hydrogens is 372 g/mol. The van der Waals surface area contributed by atoms with E-state index in [4.69, 9.17) is 9.47 Å². The second-order valence-electron chi connectivity index (χ2n) is 5.93. The Labute approximate surface area is 156 Å². The highest BCUT2D eigenvalue weighted by Gasteiger charge is 2.24. The summed E-state index contributed by atoms with van der Waals surface area (Å²) in [6.07, 6.45) is 0. The molecule has 0 fully saturated rings. The number of rotatable bonds is 6. The number of nitrogens with zero attached hydrogens (tertiary/aromatic N) is 1. The third kappa shape index (κ3) is 3.93. The maximum Gasteiger partial charge on any atom is 0.243 e. The molecule has 0 unspecified atom stereocenters. The fourth-order valence-electron chi connectivity index (χ4n) is 2.59. The Morgan fingerprint density at radius 2 is 1.74 bits per heavy atom. The number of nitrogens with one attached hydrogen (secondary N) is 1. The smallest absolute Gasteiger partial charge is 0.243 e. The van der Waals surface area contributed by atoms with Gasteiger partial charge < -0.3 is 14.8 Å². The van der Waals surface area contributed by atoms with E-state index >= 15 is 0 Å². The molecule has 0 aromatic heterocycles. The molecule has 0 bridgehead atoms. The number of fused-ring (bicyclic) bond motifs is 1. The van der Waals surface area contributed by atoms with Crippen LogP contribution in [0.25, 0.3) is 0 Å². The van der Waals surface area contributed by atoms with Gasteiger partial charge in [-0.15, -0.1) is 0 Å². The summed E-state index contributed by atoms with van der Waals surface area (Å²) in [5.74, 6) is -0.0326. The lowest BCUT2D eigenvalue weighted by Gasteiger charge is -2.17. The number of amides is 1. The first-order valence-electron chi connectivity index (χ1n) is 8.05. The summed E-state index contributed by atoms with van der Waals surface area (Å²) in [4.78, 5) is 24.3. The monoisotopic (exact) mass is 390 g/mol. The number of carbonyl (C=O) groups excluding carboxylic acids is 2. The van der Waals surface area contributed by atoms with Gasteiger partial charge >= 0.3 is 0 Å². The fraction of sp³-hybridized carbons (Fsp3) is 0.222. The number of carbonyl (C=O) groups is 2. The molecule has 0 aliphatic carbocycles. The van der Waals surface area contributed by atoms with Crippen LogP contribution in [-0.2, 0) is 14.8 Å². The molecule has 0 spiro atoms. The van der Waals surface area contributed by atoms with Crippen LogP contribution in [0.5, 0.6) is 11.5 Å². The predicted molar refractivity (Wildman–Crippen MR) is 97.5 cm³/mol. The molecule has 3 rings (SSSR count). The van der Waals surface area contributed by atoms with E-state index in [0.717, 1.165) is 4.31 Å². The van der Waals surface area contributed by atoms with Crippen molar-refractivity contribution in [2.75, 3.05) is 25.7 Å². The normalized spacial score (nSPS) is 12.9. The lowest BCUT2D eigenvalue weighted by atomic mass is 10.1. The average molecular weight is 390 g/mol. The van der Waals surface area contributed by atoms with Gasteiger partial charge in [0.2, 0.25) is 22.7 Å². The molecule has 0 radical (unpaired) electrons. The van der Waals surface area contributed by atoms with Crippen LogP contribution in [0, 0.1) is 0 Å². The van der Waals surface area contributed by atoms with E-state index in [1.807, 2.05) is 0 Å². The Hall–Kier alpha value is -2.91. The topological polar surface area (TPSA) is 102 Å². The maximum absolute atomic E-state index is 12.5. The zero-order valence-corrected chi connectivity index (χ0v) is 15.6. The van der Waals surface area contributed by atoms with Gasteiger partial charge in [0.05, 0.1) is 17.1 Å². The first-order chi connectivity index (χ1) is 12.8. The Morgan fingerprint density at radius 3 is 2.37 bits per heavy atom. The summed E-state index contributed by atoms with van der Waals surface area (Å²) in [5.41, 5.74) is 0.489. The molecule has 9 heteroatoms. The highest BCUT2D eigenvalue weighted by Crippen LogP contribution is 2.37. The van der Waals surface area contributed by atoms with Crippen molar-refractivity contribution in [1.82, 2.24) is 4.31 Å². The molecule has 2 aromatic carbocycles. The molecule has 0 saturated heterocycles. The number of Topliss-reactive ketones (excluding diaryl/α,β-unsaturated/α-hetero) is 1. The fourth-order valence-corrected chi connectivity index (χ4v) is 3.73. The van der Waals surface area contributed by atoms with E-state index in [0.29, 0.717) is 11.5 Å². The van der Waals surface area contributed by atoms with Crippen molar-refractivity contribution >= 4 is 27.4 Å². The molecule has 8 nitrogen and oxygen atoms in total. The summed E-state index contributed by atoms with van der Waals surface area (Å²) in [6, 6.07) is 10.8. The van der Waals surface area contributed by atoms with Gasteiger partial charge in [-0.3, -0.25) is 9.59 Å². The van der Waals surface area contributed by atoms with Crippen molar-refractivity contribution < 1.29 is 27.5 Å². The van der Waals surface area contributed by atoms with Crippen molar-refractivity contribution in [2.45, 2.75) is 11.8 Å². The van der Waals surface area contributed by atoms with Crippen LogP contribution in [0.3, 0.4) is 0 Å². The van der Waals surface area contributed by atoms with Crippen LogP contribution < -0.4 is 14.8 Å². The molecule has 0 atom stereocenters. The minimum absolute atomic E-state index is 0.0299. The highest BCUT2D eigenvalue weighted by atomic mass is 32.2. The van der Waals surface area contributed by atoms with Gasteiger partial charge in [0.15, 0.2) is 17.3 Å². The average Bonchev–Trinajstić information content (AvgIpc) is 3.08. The summed E-state index contributed by atoms with van der Waals surface area (Å²) >= 11 is 0. The van der Waals surface area contributed by atoms with E-state index < -0.39 is 22.5 Å². The second-order valence-corrected chi connectivity index (χ2v) is 7.97. The van der Waals surface area contributed by atoms with Crippen LogP contribution >= 0.6 is 0 Å². The number of ether oxygens (including phenoxy) is 2. The molecule has 1 aliphatic heterocycles. The Bertz CT molecular complexity index is 988. The van der Waals surface area contributed by atoms with Crippen LogP contribution in [0.2, 0.25) is 0 Å². The van der Waals surface area contributed by atoms with Gasteiger partial charge in [-0.1, -0.05) is 18.2 Å². The standard InChI is InChI=1S/C18H18N2O6S/c1-12(21)14-8-16-17(26-11-25-16)9-15(14)19-18(22)10-20(2)27(23,24)13-6-4-3-5-7-13/h3-9H,10-11H2,1-2H3,(H,19,22). The van der Waals surface area contributed by atoms with E-state index in [2.05, 4.69) is 5.32 Å². The number of ketones is 1. The van der Waals surface area contributed by atoms with E-state index in [1.165, 1.54) is 38.2 Å². The SMILES string of the molecule is CC(=O)c1cc2c(cc1NC(=O)CN(C)S(=O)(=O)c1ccccc1)OCO2. The molecular formula is C18H18N2O6S. The quantitative estimate of drug-likeness (QED) is 0.756.